The first-order valence-corrected chi connectivity index (χ1v) is 17.0. The average molecular weight is 670 g/mol. The van der Waals surface area contributed by atoms with Crippen molar-refractivity contribution in [2.75, 3.05) is 18.6 Å². The second-order valence-electron chi connectivity index (χ2n) is 11.7. The first kappa shape index (κ1) is 32.3. The van der Waals surface area contributed by atoms with Gasteiger partial charge in [0, 0.05) is 11.9 Å². The van der Waals surface area contributed by atoms with Gasteiger partial charge in [-0.25, -0.2) is 4.98 Å². The van der Waals surface area contributed by atoms with Crippen LogP contribution in [-0.2, 0) is 15.3 Å². The third kappa shape index (κ3) is 6.35. The molecule has 1 unspecified atom stereocenters. The molecule has 1 atom stereocenters. The Balaban J connectivity index is 1.45. The number of aliphatic hydroxyl groups excluding tert-OH is 1. The van der Waals surface area contributed by atoms with E-state index in [1.165, 1.54) is 35.1 Å². The molecule has 12 heteroatoms. The number of carbonyl (C=O) groups is 2. The number of hydrogen-bond donors (Lipinski definition) is 1. The first-order chi connectivity index (χ1) is 22.7. The Labute approximate surface area is 281 Å². The number of aliphatic hydroxyl groups is 1. The quantitative estimate of drug-likeness (QED) is 0.0514. The number of aromatic nitrogens is 4. The topological polar surface area (TPSA) is 119 Å². The van der Waals surface area contributed by atoms with Gasteiger partial charge in [-0.1, -0.05) is 79.4 Å². The molecule has 1 aliphatic heterocycles. The van der Waals surface area contributed by atoms with Gasteiger partial charge in [0.2, 0.25) is 5.13 Å². The predicted molar refractivity (Wildman–Crippen MR) is 183 cm³/mol. The number of methoxy groups -OCH3 is 1. The molecule has 1 aliphatic rings. The fourth-order valence-corrected chi connectivity index (χ4v) is 7.30. The zero-order valence-corrected chi connectivity index (χ0v) is 28.4. The lowest BCUT2D eigenvalue weighted by molar-refractivity contribution is -0.132. The molecular formula is C35H35N5O5S2. The molecule has 1 amide bonds. The van der Waals surface area contributed by atoms with Gasteiger partial charge in [0.05, 0.1) is 31.0 Å². The summed E-state index contributed by atoms with van der Waals surface area (Å²) < 4.78 is 14.2. The summed E-state index contributed by atoms with van der Waals surface area (Å²) in [6.45, 7) is 8.49. The Hall–Kier alpha value is -4.68. The van der Waals surface area contributed by atoms with E-state index >= 15 is 0 Å². The number of amides is 1. The van der Waals surface area contributed by atoms with Crippen LogP contribution < -0.4 is 14.4 Å². The number of anilines is 1. The Morgan fingerprint density at radius 2 is 1.83 bits per heavy atom. The molecule has 3 aromatic heterocycles. The number of Topliss-reactive ketones (excluding diaryl/α,β-unsaturated/α-hetero) is 1. The Morgan fingerprint density at radius 1 is 1.04 bits per heavy atom. The van der Waals surface area contributed by atoms with Gasteiger partial charge < -0.3 is 19.0 Å². The number of hydrogen-bond acceptors (Lipinski definition) is 10. The van der Waals surface area contributed by atoms with Gasteiger partial charge in [-0.05, 0) is 61.1 Å². The van der Waals surface area contributed by atoms with Gasteiger partial charge in [0.25, 0.3) is 5.78 Å². The van der Waals surface area contributed by atoms with Crippen molar-refractivity contribution in [1.82, 2.24) is 19.6 Å². The fourth-order valence-electron chi connectivity index (χ4n) is 5.47. The molecular weight excluding hydrogens is 635 g/mol. The number of nitrogens with zero attached hydrogens (tertiary/aromatic N) is 5. The lowest BCUT2D eigenvalue weighted by Gasteiger charge is -2.23. The molecule has 47 heavy (non-hydrogen) atoms. The summed E-state index contributed by atoms with van der Waals surface area (Å²) in [5.41, 5.74) is 3.96. The number of rotatable bonds is 11. The number of pyridine rings is 1. The minimum absolute atomic E-state index is 0.0941. The zero-order valence-electron chi connectivity index (χ0n) is 26.8. The van der Waals surface area contributed by atoms with Crippen molar-refractivity contribution in [3.05, 3.63) is 101 Å². The summed E-state index contributed by atoms with van der Waals surface area (Å²) in [6.07, 6.45) is 2.71. The van der Waals surface area contributed by atoms with Gasteiger partial charge in [0.15, 0.2) is 21.6 Å². The lowest BCUT2D eigenvalue weighted by atomic mass is 9.96. The highest BCUT2D eigenvalue weighted by Crippen LogP contribution is 2.46. The van der Waals surface area contributed by atoms with E-state index in [0.29, 0.717) is 51.0 Å². The minimum atomic E-state index is -1.03. The summed E-state index contributed by atoms with van der Waals surface area (Å²) in [4.78, 5) is 33.7. The Kier molecular flexibility index (Phi) is 9.33. The molecule has 2 aromatic carbocycles. The van der Waals surface area contributed by atoms with E-state index in [-0.39, 0.29) is 22.2 Å². The van der Waals surface area contributed by atoms with Crippen LogP contribution in [0.3, 0.4) is 0 Å². The van der Waals surface area contributed by atoms with Gasteiger partial charge in [-0.2, -0.15) is 0 Å². The van der Waals surface area contributed by atoms with Crippen molar-refractivity contribution in [3.8, 4) is 11.5 Å². The fraction of sp³-hybridized carbons (Fsp3) is 0.286. The average Bonchev–Trinajstić information content (AvgIpc) is 3.75. The minimum Gasteiger partial charge on any atom is -0.505 e. The molecule has 1 N–H and O–H groups in total. The number of ether oxygens (including phenoxy) is 2. The molecule has 1 fully saturated rings. The number of imidazole rings is 1. The van der Waals surface area contributed by atoms with E-state index < -0.39 is 17.7 Å². The van der Waals surface area contributed by atoms with Crippen LogP contribution in [0.5, 0.6) is 11.5 Å². The third-order valence-electron chi connectivity index (χ3n) is 8.02. The van der Waals surface area contributed by atoms with Crippen LogP contribution in [0.15, 0.2) is 76.8 Å². The van der Waals surface area contributed by atoms with Crippen LogP contribution in [0, 0.1) is 19.8 Å². The molecule has 242 valence electrons. The molecule has 0 radical (unpaired) electrons. The van der Waals surface area contributed by atoms with E-state index in [0.717, 1.165) is 17.5 Å². The maximum Gasteiger partial charge on any atom is 0.301 e. The number of thioether (sulfide) groups is 1. The van der Waals surface area contributed by atoms with Crippen LogP contribution in [0.2, 0.25) is 0 Å². The summed E-state index contributed by atoms with van der Waals surface area (Å²) in [5, 5.41) is 20.8. The number of ketones is 1. The SMILES string of the molecule is COc1cc(C2/C(=C(\O)c3nc4c(C)cccn4c3C)C(=O)C(=O)N2c2nnc(SCc3ccccc3)s2)ccc1OCCC(C)C. The molecule has 0 spiro atoms. The van der Waals surface area contributed by atoms with Gasteiger partial charge in [-0.3, -0.25) is 14.5 Å². The second kappa shape index (κ2) is 13.6. The highest BCUT2D eigenvalue weighted by molar-refractivity contribution is 8.00. The van der Waals surface area contributed by atoms with Crippen LogP contribution in [0.4, 0.5) is 5.13 Å². The number of fused-ring (bicyclic) bond motifs is 1. The number of benzene rings is 2. The van der Waals surface area contributed by atoms with Crippen molar-refractivity contribution >= 4 is 51.3 Å². The molecule has 0 saturated carbocycles. The number of aryl methyl sites for hydroxylation is 2. The van der Waals surface area contributed by atoms with E-state index in [2.05, 4.69) is 24.0 Å². The van der Waals surface area contributed by atoms with Crippen molar-refractivity contribution in [2.45, 2.75) is 50.3 Å². The smallest absolute Gasteiger partial charge is 0.301 e. The number of carbonyl (C=O) groups excluding carboxylic acids is 2. The van der Waals surface area contributed by atoms with Gasteiger partial charge in [0.1, 0.15) is 11.3 Å². The molecule has 5 aromatic rings. The zero-order chi connectivity index (χ0) is 33.2. The van der Waals surface area contributed by atoms with E-state index in [1.54, 1.807) is 18.2 Å². The summed E-state index contributed by atoms with van der Waals surface area (Å²) in [5.74, 6) is 0.0839. The lowest BCUT2D eigenvalue weighted by Crippen LogP contribution is -2.29. The van der Waals surface area contributed by atoms with E-state index in [4.69, 9.17) is 14.5 Å². The van der Waals surface area contributed by atoms with Crippen molar-refractivity contribution in [2.24, 2.45) is 5.92 Å². The maximum atomic E-state index is 13.9. The Morgan fingerprint density at radius 3 is 2.55 bits per heavy atom. The molecule has 10 nitrogen and oxygen atoms in total. The van der Waals surface area contributed by atoms with Crippen molar-refractivity contribution < 1.29 is 24.2 Å². The molecule has 0 bridgehead atoms. The first-order valence-electron chi connectivity index (χ1n) is 15.2. The maximum absolute atomic E-state index is 13.9. The largest absolute Gasteiger partial charge is 0.505 e. The normalized spacial score (nSPS) is 16.0. The summed E-state index contributed by atoms with van der Waals surface area (Å²) in [7, 11) is 1.54. The van der Waals surface area contributed by atoms with Crippen LogP contribution in [-0.4, -0.2) is 50.1 Å². The van der Waals surface area contributed by atoms with E-state index in [9.17, 15) is 14.7 Å². The molecule has 0 aliphatic carbocycles. The van der Waals surface area contributed by atoms with Crippen molar-refractivity contribution in [3.63, 3.8) is 0 Å². The third-order valence-corrected chi connectivity index (χ3v) is 10.1. The summed E-state index contributed by atoms with van der Waals surface area (Å²) in [6, 6.07) is 18.0. The molecule has 4 heterocycles. The molecule has 1 saturated heterocycles. The van der Waals surface area contributed by atoms with Crippen LogP contribution >= 0.6 is 23.1 Å². The highest BCUT2D eigenvalue weighted by atomic mass is 32.2. The van der Waals surface area contributed by atoms with Crippen LogP contribution in [0.25, 0.3) is 11.4 Å². The monoisotopic (exact) mass is 669 g/mol. The standard InChI is InChI=1S/C35H35N5O5S2/c1-20(2)15-17-45-25-14-13-24(18-26(25)44-5)29-27(30(41)28-22(4)39-16-9-10-21(3)32(39)36-28)31(42)33(43)40(29)34-37-38-35(47-34)46-19-23-11-7-6-8-12-23/h6-14,16,18,20,29,41H,15,17,19H2,1-5H3/b30-27+. The molecule has 6 rings (SSSR count). The summed E-state index contributed by atoms with van der Waals surface area (Å²) >= 11 is 2.70. The Bertz CT molecular complexity index is 1980. The van der Waals surface area contributed by atoms with Crippen LogP contribution in [0.1, 0.15) is 54.4 Å². The second-order valence-corrected chi connectivity index (χ2v) is 13.8. The van der Waals surface area contributed by atoms with E-state index in [1.807, 2.05) is 66.9 Å². The van der Waals surface area contributed by atoms with Crippen molar-refractivity contribution in [1.29, 1.82) is 0 Å². The van der Waals surface area contributed by atoms with Gasteiger partial charge >= 0.3 is 5.91 Å². The van der Waals surface area contributed by atoms with Gasteiger partial charge in [-0.15, -0.1) is 10.2 Å². The highest BCUT2D eigenvalue weighted by Gasteiger charge is 2.49. The predicted octanol–water partition coefficient (Wildman–Crippen LogP) is 7.15.